The zero-order chi connectivity index (χ0) is 15.7. The molecule has 1 rings (SSSR count). The number of ether oxygens (including phenoxy) is 1. The molecule has 0 aromatic carbocycles. The second-order valence-corrected chi connectivity index (χ2v) is 5.87. The van der Waals surface area contributed by atoms with Gasteiger partial charge in [-0.15, -0.1) is 0 Å². The van der Waals surface area contributed by atoms with Gasteiger partial charge in [-0.05, 0) is 38.0 Å². The molecule has 1 unspecified atom stereocenters. The Balaban J connectivity index is 2.32. The van der Waals surface area contributed by atoms with Gasteiger partial charge in [-0.1, -0.05) is 13.8 Å². The number of amides is 1. The summed E-state index contributed by atoms with van der Waals surface area (Å²) >= 11 is 0. The normalized spacial score (nSPS) is 16.5. The van der Waals surface area contributed by atoms with E-state index >= 15 is 0 Å². The predicted octanol–water partition coefficient (Wildman–Crippen LogP) is 1.72. The van der Waals surface area contributed by atoms with Crippen LogP contribution < -0.4 is 16.0 Å². The van der Waals surface area contributed by atoms with E-state index in [0.29, 0.717) is 25.0 Å². The average molecular weight is 298 g/mol. The van der Waals surface area contributed by atoms with E-state index in [4.69, 9.17) is 4.74 Å². The fourth-order valence-corrected chi connectivity index (χ4v) is 2.06. The summed E-state index contributed by atoms with van der Waals surface area (Å²) in [6.07, 6.45) is 3.10. The van der Waals surface area contributed by atoms with Crippen molar-refractivity contribution in [2.24, 2.45) is 16.8 Å². The summed E-state index contributed by atoms with van der Waals surface area (Å²) in [5, 5.41) is 9.50. The molecule has 1 amide bonds. The first kappa shape index (κ1) is 17.6. The van der Waals surface area contributed by atoms with Gasteiger partial charge >= 0.3 is 6.09 Å². The van der Waals surface area contributed by atoms with Crippen LogP contribution in [0.2, 0.25) is 0 Å². The first-order chi connectivity index (χ1) is 10.1. The minimum absolute atomic E-state index is 0.104. The van der Waals surface area contributed by atoms with Crippen LogP contribution in [0.4, 0.5) is 4.79 Å². The number of carbonyl (C=O) groups excluding carboxylic acids is 1. The Morgan fingerprint density at radius 3 is 2.57 bits per heavy atom. The fourth-order valence-electron chi connectivity index (χ4n) is 2.06. The van der Waals surface area contributed by atoms with Crippen LogP contribution in [0.5, 0.6) is 0 Å². The number of hydrogen-bond acceptors (Lipinski definition) is 3. The van der Waals surface area contributed by atoms with Gasteiger partial charge in [0.1, 0.15) is 0 Å². The number of guanidine groups is 1. The second kappa shape index (κ2) is 9.47. The van der Waals surface area contributed by atoms with Crippen LogP contribution in [0.15, 0.2) is 4.99 Å². The van der Waals surface area contributed by atoms with Crippen LogP contribution in [0.25, 0.3) is 0 Å². The summed E-state index contributed by atoms with van der Waals surface area (Å²) < 4.78 is 4.95. The molecule has 1 aliphatic rings. The molecule has 6 nitrogen and oxygen atoms in total. The number of rotatable bonds is 8. The smallest absolute Gasteiger partial charge is 0.407 e. The van der Waals surface area contributed by atoms with E-state index < -0.39 is 0 Å². The van der Waals surface area contributed by atoms with E-state index in [1.807, 2.05) is 6.92 Å². The van der Waals surface area contributed by atoms with Gasteiger partial charge in [-0.25, -0.2) is 4.79 Å². The molecule has 1 aliphatic carbocycles. The Hall–Kier alpha value is -1.46. The number of nitrogens with zero attached hydrogens (tertiary/aromatic N) is 1. The maximum Gasteiger partial charge on any atom is 0.407 e. The molecule has 0 saturated heterocycles. The van der Waals surface area contributed by atoms with E-state index in [1.54, 1.807) is 7.05 Å². The third-order valence-electron chi connectivity index (χ3n) is 3.50. The van der Waals surface area contributed by atoms with Gasteiger partial charge in [0.05, 0.1) is 12.6 Å². The van der Waals surface area contributed by atoms with E-state index in [0.717, 1.165) is 31.8 Å². The monoisotopic (exact) mass is 298 g/mol. The molecule has 0 bridgehead atoms. The summed E-state index contributed by atoms with van der Waals surface area (Å²) in [4.78, 5) is 15.7. The zero-order valence-electron chi connectivity index (χ0n) is 13.7. The van der Waals surface area contributed by atoms with Gasteiger partial charge in [0.2, 0.25) is 0 Å². The molecular weight excluding hydrogens is 268 g/mol. The van der Waals surface area contributed by atoms with Crippen molar-refractivity contribution in [1.29, 1.82) is 0 Å². The fraction of sp³-hybridized carbons (Fsp3) is 0.867. The standard InChI is InChI=1S/C15H30N4O2/c1-5-21-15(20)19-13(12-6-7-12)10-18-14(16-4)17-9-8-11(2)3/h11-13H,5-10H2,1-4H3,(H,19,20)(H2,16,17,18). The van der Waals surface area contributed by atoms with E-state index in [1.165, 1.54) is 0 Å². The number of aliphatic imine (C=N–C) groups is 1. The van der Waals surface area contributed by atoms with Crippen molar-refractivity contribution < 1.29 is 9.53 Å². The Morgan fingerprint density at radius 2 is 2.05 bits per heavy atom. The second-order valence-electron chi connectivity index (χ2n) is 5.87. The third-order valence-corrected chi connectivity index (χ3v) is 3.50. The van der Waals surface area contributed by atoms with Gasteiger partial charge in [-0.2, -0.15) is 0 Å². The lowest BCUT2D eigenvalue weighted by Gasteiger charge is -2.20. The summed E-state index contributed by atoms with van der Waals surface area (Å²) in [5.74, 6) is 2.00. The van der Waals surface area contributed by atoms with Crippen LogP contribution in [0, 0.1) is 11.8 Å². The predicted molar refractivity (Wildman–Crippen MR) is 85.5 cm³/mol. The van der Waals surface area contributed by atoms with Crippen molar-refractivity contribution in [3.8, 4) is 0 Å². The molecule has 0 aromatic heterocycles. The molecule has 0 aliphatic heterocycles. The number of nitrogens with one attached hydrogen (secondary N) is 3. The highest BCUT2D eigenvalue weighted by Crippen LogP contribution is 2.32. The van der Waals surface area contributed by atoms with E-state index in [-0.39, 0.29) is 12.1 Å². The van der Waals surface area contributed by atoms with Crippen LogP contribution in [0.1, 0.15) is 40.0 Å². The molecule has 1 atom stereocenters. The Kier molecular flexibility index (Phi) is 7.93. The minimum Gasteiger partial charge on any atom is -0.450 e. The molecule has 1 saturated carbocycles. The Bertz CT molecular complexity index is 341. The summed E-state index contributed by atoms with van der Waals surface area (Å²) in [6.45, 7) is 8.18. The molecule has 0 spiro atoms. The molecule has 0 aromatic rings. The Labute approximate surface area is 128 Å². The number of carbonyl (C=O) groups is 1. The first-order valence-electron chi connectivity index (χ1n) is 7.94. The van der Waals surface area contributed by atoms with Gasteiger partial charge < -0.3 is 20.7 Å². The lowest BCUT2D eigenvalue weighted by molar-refractivity contribution is 0.146. The number of alkyl carbamates (subject to hydrolysis) is 1. The van der Waals surface area contributed by atoms with Crippen LogP contribution in [-0.4, -0.2) is 44.8 Å². The topological polar surface area (TPSA) is 74.8 Å². The van der Waals surface area contributed by atoms with E-state index in [2.05, 4.69) is 34.8 Å². The zero-order valence-corrected chi connectivity index (χ0v) is 13.7. The lowest BCUT2D eigenvalue weighted by atomic mass is 10.1. The molecule has 1 fully saturated rings. The van der Waals surface area contributed by atoms with Crippen LogP contribution in [-0.2, 0) is 4.74 Å². The molecule has 0 radical (unpaired) electrons. The summed E-state index contributed by atoms with van der Waals surface area (Å²) in [7, 11) is 1.76. The number of hydrogen-bond donors (Lipinski definition) is 3. The minimum atomic E-state index is -0.334. The van der Waals surface area contributed by atoms with Crippen molar-refractivity contribution in [3.63, 3.8) is 0 Å². The molecular formula is C15H30N4O2. The molecule has 122 valence electrons. The van der Waals surface area contributed by atoms with Crippen molar-refractivity contribution in [3.05, 3.63) is 0 Å². The highest BCUT2D eigenvalue weighted by atomic mass is 16.5. The van der Waals surface area contributed by atoms with Crippen LogP contribution in [0.3, 0.4) is 0 Å². The highest BCUT2D eigenvalue weighted by Gasteiger charge is 2.32. The SMILES string of the molecule is CCOC(=O)NC(CNC(=NC)NCCC(C)C)C1CC1. The van der Waals surface area contributed by atoms with Gasteiger partial charge in [0.25, 0.3) is 0 Å². The summed E-state index contributed by atoms with van der Waals surface area (Å²) in [5.41, 5.74) is 0. The van der Waals surface area contributed by atoms with Crippen molar-refractivity contribution in [1.82, 2.24) is 16.0 Å². The quantitative estimate of drug-likeness (QED) is 0.471. The van der Waals surface area contributed by atoms with Crippen LogP contribution >= 0.6 is 0 Å². The van der Waals surface area contributed by atoms with Crippen molar-refractivity contribution in [2.75, 3.05) is 26.7 Å². The maximum absolute atomic E-state index is 11.5. The average Bonchev–Trinajstić information content (AvgIpc) is 3.25. The molecule has 21 heavy (non-hydrogen) atoms. The highest BCUT2D eigenvalue weighted by molar-refractivity contribution is 5.79. The molecule has 0 heterocycles. The largest absolute Gasteiger partial charge is 0.450 e. The van der Waals surface area contributed by atoms with Crippen molar-refractivity contribution >= 4 is 12.1 Å². The van der Waals surface area contributed by atoms with Gasteiger partial charge in [0.15, 0.2) is 5.96 Å². The lowest BCUT2D eigenvalue weighted by Crippen LogP contribution is -2.48. The first-order valence-corrected chi connectivity index (χ1v) is 7.94. The van der Waals surface area contributed by atoms with Gasteiger partial charge in [-0.3, -0.25) is 4.99 Å². The molecule has 3 N–H and O–H groups in total. The van der Waals surface area contributed by atoms with Gasteiger partial charge in [0, 0.05) is 20.1 Å². The van der Waals surface area contributed by atoms with E-state index in [9.17, 15) is 4.79 Å². The summed E-state index contributed by atoms with van der Waals surface area (Å²) in [6, 6.07) is 0.104. The molecule has 6 heteroatoms. The third kappa shape index (κ3) is 7.78. The van der Waals surface area contributed by atoms with Crippen molar-refractivity contribution in [2.45, 2.75) is 46.1 Å². The Morgan fingerprint density at radius 1 is 1.33 bits per heavy atom. The maximum atomic E-state index is 11.5.